The zero-order valence-corrected chi connectivity index (χ0v) is 18.5. The molecule has 5 nitrogen and oxygen atoms in total. The predicted molar refractivity (Wildman–Crippen MR) is 127 cm³/mol. The monoisotopic (exact) mass is 417 g/mol. The molecule has 0 saturated carbocycles. The number of fused-ring (bicyclic) bond motifs is 1. The van der Waals surface area contributed by atoms with E-state index in [0.717, 1.165) is 18.8 Å². The molecule has 0 aromatic heterocycles. The van der Waals surface area contributed by atoms with Crippen molar-refractivity contribution in [3.63, 3.8) is 0 Å². The molecular weight excluding hydrogens is 386 g/mol. The van der Waals surface area contributed by atoms with Crippen LogP contribution in [-0.4, -0.2) is 57.2 Å². The summed E-state index contributed by atoms with van der Waals surface area (Å²) in [6, 6.07) is 23.4. The summed E-state index contributed by atoms with van der Waals surface area (Å²) < 4.78 is 5.79. The van der Waals surface area contributed by atoms with Crippen LogP contribution in [-0.2, 0) is 4.74 Å². The Morgan fingerprint density at radius 2 is 1.84 bits per heavy atom. The Balaban J connectivity index is 1.46. The van der Waals surface area contributed by atoms with E-state index in [1.807, 2.05) is 24.3 Å². The fraction of sp³-hybridized carbons (Fsp3) is 0.346. The Bertz CT molecular complexity index is 1030. The Hall–Kier alpha value is -2.89. The van der Waals surface area contributed by atoms with E-state index in [2.05, 4.69) is 59.6 Å². The molecule has 1 aliphatic rings. The van der Waals surface area contributed by atoms with E-state index in [-0.39, 0.29) is 18.0 Å². The summed E-state index contributed by atoms with van der Waals surface area (Å²) in [6.07, 6.45) is 0. The third-order valence-corrected chi connectivity index (χ3v) is 6.03. The van der Waals surface area contributed by atoms with Gasteiger partial charge >= 0.3 is 0 Å². The van der Waals surface area contributed by atoms with Gasteiger partial charge in [0.1, 0.15) is 0 Å². The maximum Gasteiger partial charge on any atom is 0.253 e. The minimum Gasteiger partial charge on any atom is -0.377 e. The van der Waals surface area contributed by atoms with Gasteiger partial charge in [0.15, 0.2) is 0 Å². The molecule has 162 valence electrons. The number of hydrogen-bond acceptors (Lipinski definition) is 4. The number of nitrogens with one attached hydrogen (secondary N) is 1. The van der Waals surface area contributed by atoms with Crippen molar-refractivity contribution in [3.05, 3.63) is 77.9 Å². The highest BCUT2D eigenvalue weighted by Gasteiger charge is 2.24. The first-order chi connectivity index (χ1) is 15.0. The number of rotatable bonds is 6. The van der Waals surface area contributed by atoms with Gasteiger partial charge in [0.2, 0.25) is 0 Å². The second kappa shape index (κ2) is 9.50. The Morgan fingerprint density at radius 3 is 2.61 bits per heavy atom. The molecule has 1 amide bonds. The van der Waals surface area contributed by atoms with Gasteiger partial charge < -0.3 is 19.9 Å². The number of amides is 1. The average molecular weight is 418 g/mol. The van der Waals surface area contributed by atoms with E-state index < -0.39 is 0 Å². The van der Waals surface area contributed by atoms with Gasteiger partial charge in [-0.2, -0.15) is 0 Å². The van der Waals surface area contributed by atoms with Gasteiger partial charge in [-0.15, -0.1) is 0 Å². The van der Waals surface area contributed by atoms with Crippen molar-refractivity contribution in [2.75, 3.05) is 45.3 Å². The quantitative estimate of drug-likeness (QED) is 0.656. The van der Waals surface area contributed by atoms with Gasteiger partial charge in [0.05, 0.1) is 19.3 Å². The molecule has 1 aliphatic heterocycles. The minimum atomic E-state index is 0.0238. The third kappa shape index (κ3) is 4.73. The van der Waals surface area contributed by atoms with Crippen LogP contribution in [0.15, 0.2) is 66.7 Å². The smallest absolute Gasteiger partial charge is 0.253 e. The summed E-state index contributed by atoms with van der Waals surface area (Å²) in [4.78, 5) is 16.2. The van der Waals surface area contributed by atoms with Crippen LogP contribution < -0.4 is 10.2 Å². The van der Waals surface area contributed by atoms with Gasteiger partial charge in [0.25, 0.3) is 5.91 Å². The number of ether oxygens (including phenoxy) is 1. The summed E-state index contributed by atoms with van der Waals surface area (Å²) in [5, 5.41) is 6.28. The van der Waals surface area contributed by atoms with E-state index in [0.29, 0.717) is 18.8 Å². The summed E-state index contributed by atoms with van der Waals surface area (Å²) in [5.74, 6) is 0.0238. The standard InChI is InChI=1S/C26H31N3O2/c1-19(24-10-6-8-20-7-4-5-9-25(20)24)27-17-23-18-31-16-15-29(23)22-13-11-21(12-14-22)26(30)28(2)3/h4-14,19,23,27H,15-18H2,1-3H3/t19-,23?/m1/s1. The molecule has 5 heteroatoms. The molecule has 3 aromatic carbocycles. The van der Waals surface area contributed by atoms with Crippen molar-refractivity contribution in [1.82, 2.24) is 10.2 Å². The van der Waals surface area contributed by atoms with Crippen LogP contribution in [0.2, 0.25) is 0 Å². The van der Waals surface area contributed by atoms with Crippen LogP contribution in [0, 0.1) is 0 Å². The van der Waals surface area contributed by atoms with E-state index in [4.69, 9.17) is 4.74 Å². The van der Waals surface area contributed by atoms with Crippen LogP contribution >= 0.6 is 0 Å². The molecule has 0 bridgehead atoms. The normalized spacial score (nSPS) is 17.5. The first-order valence-corrected chi connectivity index (χ1v) is 10.9. The Labute approximate surface area is 184 Å². The van der Waals surface area contributed by atoms with Gasteiger partial charge in [0, 0.05) is 44.5 Å². The van der Waals surface area contributed by atoms with E-state index >= 15 is 0 Å². The number of morpholine rings is 1. The number of carbonyl (C=O) groups is 1. The second-order valence-electron chi connectivity index (χ2n) is 8.37. The van der Waals surface area contributed by atoms with Crippen molar-refractivity contribution in [2.24, 2.45) is 0 Å². The van der Waals surface area contributed by atoms with Crippen molar-refractivity contribution in [3.8, 4) is 0 Å². The van der Waals surface area contributed by atoms with Gasteiger partial charge in [-0.25, -0.2) is 0 Å². The van der Waals surface area contributed by atoms with E-state index in [9.17, 15) is 4.79 Å². The molecule has 0 spiro atoms. The summed E-state index contributed by atoms with van der Waals surface area (Å²) in [5.41, 5.74) is 3.15. The zero-order chi connectivity index (χ0) is 21.8. The van der Waals surface area contributed by atoms with E-state index in [1.165, 1.54) is 16.3 Å². The van der Waals surface area contributed by atoms with E-state index in [1.54, 1.807) is 19.0 Å². The topological polar surface area (TPSA) is 44.8 Å². The van der Waals surface area contributed by atoms with Crippen molar-refractivity contribution < 1.29 is 9.53 Å². The maximum absolute atomic E-state index is 12.2. The number of nitrogens with zero attached hydrogens (tertiary/aromatic N) is 2. The molecule has 1 fully saturated rings. The highest BCUT2D eigenvalue weighted by molar-refractivity contribution is 5.94. The molecule has 2 atom stereocenters. The lowest BCUT2D eigenvalue weighted by Crippen LogP contribution is -2.50. The number of hydrogen-bond donors (Lipinski definition) is 1. The number of carbonyl (C=O) groups excluding carboxylic acids is 1. The van der Waals surface area contributed by atoms with Crippen molar-refractivity contribution in [1.29, 1.82) is 0 Å². The van der Waals surface area contributed by atoms with Crippen LogP contribution in [0.3, 0.4) is 0 Å². The maximum atomic E-state index is 12.2. The van der Waals surface area contributed by atoms with Crippen LogP contribution in [0.25, 0.3) is 10.8 Å². The van der Waals surface area contributed by atoms with Crippen molar-refractivity contribution in [2.45, 2.75) is 19.0 Å². The lowest BCUT2D eigenvalue weighted by Gasteiger charge is -2.38. The Morgan fingerprint density at radius 1 is 1.10 bits per heavy atom. The van der Waals surface area contributed by atoms with Crippen LogP contribution in [0.4, 0.5) is 5.69 Å². The van der Waals surface area contributed by atoms with Gasteiger partial charge in [-0.1, -0.05) is 42.5 Å². The number of anilines is 1. The zero-order valence-electron chi connectivity index (χ0n) is 18.5. The summed E-state index contributed by atoms with van der Waals surface area (Å²) >= 11 is 0. The van der Waals surface area contributed by atoms with Gasteiger partial charge in [-0.3, -0.25) is 4.79 Å². The highest BCUT2D eigenvalue weighted by atomic mass is 16.5. The largest absolute Gasteiger partial charge is 0.377 e. The predicted octanol–water partition coefficient (Wildman–Crippen LogP) is 4.10. The molecule has 0 aliphatic carbocycles. The molecule has 1 N–H and O–H groups in total. The summed E-state index contributed by atoms with van der Waals surface area (Å²) in [6.45, 7) is 5.29. The molecule has 4 rings (SSSR count). The second-order valence-corrected chi connectivity index (χ2v) is 8.37. The fourth-order valence-electron chi connectivity index (χ4n) is 4.27. The van der Waals surface area contributed by atoms with Crippen LogP contribution in [0.1, 0.15) is 28.9 Å². The Kier molecular flexibility index (Phi) is 6.54. The molecule has 0 radical (unpaired) electrons. The molecule has 1 heterocycles. The first kappa shape index (κ1) is 21.3. The highest BCUT2D eigenvalue weighted by Crippen LogP contribution is 2.25. The molecule has 3 aromatic rings. The van der Waals surface area contributed by atoms with Crippen LogP contribution in [0.5, 0.6) is 0 Å². The molecule has 1 unspecified atom stereocenters. The molecular formula is C26H31N3O2. The molecule has 31 heavy (non-hydrogen) atoms. The fourth-order valence-corrected chi connectivity index (χ4v) is 4.27. The SMILES string of the molecule is C[C@@H](NCC1COCCN1c1ccc(C(=O)N(C)C)cc1)c1cccc2ccccc12. The lowest BCUT2D eigenvalue weighted by molar-refractivity contribution is 0.0827. The number of benzene rings is 3. The van der Waals surface area contributed by atoms with Crippen molar-refractivity contribution >= 4 is 22.4 Å². The first-order valence-electron chi connectivity index (χ1n) is 10.9. The minimum absolute atomic E-state index is 0.0238. The summed E-state index contributed by atoms with van der Waals surface area (Å²) in [7, 11) is 3.55. The molecule has 1 saturated heterocycles. The van der Waals surface area contributed by atoms with Gasteiger partial charge in [-0.05, 0) is 47.5 Å². The lowest BCUT2D eigenvalue weighted by atomic mass is 9.99. The average Bonchev–Trinajstić information content (AvgIpc) is 2.82. The third-order valence-electron chi connectivity index (χ3n) is 6.03.